The third-order valence-electron chi connectivity index (χ3n) is 2.64. The molecule has 0 unspecified atom stereocenters. The molecule has 0 amide bonds. The number of ether oxygens (including phenoxy) is 1. The standard InChI is InChI=1S/C16H12Cl2O2/c1-11-2-4-12(5-3-11)15(19)8-9-20-16-7-6-13(17)10-14(16)18/h2-10H,1H3/b9-8+. The van der Waals surface area contributed by atoms with Crippen molar-refractivity contribution in [1.82, 2.24) is 0 Å². The van der Waals surface area contributed by atoms with Crippen LogP contribution < -0.4 is 4.74 Å². The number of aryl methyl sites for hydroxylation is 1. The lowest BCUT2D eigenvalue weighted by Crippen LogP contribution is -1.95. The first-order valence-corrected chi connectivity index (χ1v) is 6.71. The summed E-state index contributed by atoms with van der Waals surface area (Å²) in [4.78, 5) is 11.9. The van der Waals surface area contributed by atoms with Gasteiger partial charge in [-0.3, -0.25) is 4.79 Å². The molecule has 2 aromatic rings. The molecular formula is C16H12Cl2O2. The minimum Gasteiger partial charge on any atom is -0.463 e. The van der Waals surface area contributed by atoms with Crippen LogP contribution in [0.4, 0.5) is 0 Å². The molecule has 0 N–H and O–H groups in total. The second kappa shape index (κ2) is 6.60. The van der Waals surface area contributed by atoms with Crippen LogP contribution in [0.25, 0.3) is 0 Å². The summed E-state index contributed by atoms with van der Waals surface area (Å²) in [7, 11) is 0. The fourth-order valence-corrected chi connectivity index (χ4v) is 2.01. The number of ketones is 1. The van der Waals surface area contributed by atoms with Crippen LogP contribution in [0, 0.1) is 6.92 Å². The summed E-state index contributed by atoms with van der Waals surface area (Å²) in [6.45, 7) is 1.97. The minimum absolute atomic E-state index is 0.130. The van der Waals surface area contributed by atoms with E-state index >= 15 is 0 Å². The summed E-state index contributed by atoms with van der Waals surface area (Å²) >= 11 is 11.7. The first kappa shape index (κ1) is 14.6. The SMILES string of the molecule is Cc1ccc(C(=O)/C=C/Oc2ccc(Cl)cc2Cl)cc1. The molecule has 0 bridgehead atoms. The zero-order chi connectivity index (χ0) is 14.5. The summed E-state index contributed by atoms with van der Waals surface area (Å²) in [6, 6.07) is 12.2. The van der Waals surface area contributed by atoms with Crippen molar-refractivity contribution < 1.29 is 9.53 Å². The average Bonchev–Trinajstić information content (AvgIpc) is 2.42. The number of carbonyl (C=O) groups is 1. The quantitative estimate of drug-likeness (QED) is 0.447. The Labute approximate surface area is 127 Å². The molecule has 2 aromatic carbocycles. The van der Waals surface area contributed by atoms with Gasteiger partial charge in [-0.05, 0) is 25.1 Å². The summed E-state index contributed by atoms with van der Waals surface area (Å²) in [5.41, 5.74) is 1.72. The third-order valence-corrected chi connectivity index (χ3v) is 3.17. The van der Waals surface area contributed by atoms with E-state index in [1.54, 1.807) is 30.3 Å². The molecule has 0 atom stereocenters. The molecule has 0 aliphatic rings. The molecular weight excluding hydrogens is 295 g/mol. The van der Waals surface area contributed by atoms with Gasteiger partial charge in [-0.15, -0.1) is 0 Å². The van der Waals surface area contributed by atoms with E-state index in [2.05, 4.69) is 0 Å². The molecule has 0 saturated carbocycles. The van der Waals surface area contributed by atoms with Gasteiger partial charge in [0.25, 0.3) is 0 Å². The number of hydrogen-bond donors (Lipinski definition) is 0. The van der Waals surface area contributed by atoms with Crippen molar-refractivity contribution in [2.45, 2.75) is 6.92 Å². The van der Waals surface area contributed by atoms with E-state index in [1.807, 2.05) is 19.1 Å². The maximum Gasteiger partial charge on any atom is 0.188 e. The van der Waals surface area contributed by atoms with E-state index in [-0.39, 0.29) is 5.78 Å². The van der Waals surface area contributed by atoms with E-state index in [4.69, 9.17) is 27.9 Å². The monoisotopic (exact) mass is 306 g/mol. The summed E-state index contributed by atoms with van der Waals surface area (Å²) in [6.07, 6.45) is 2.67. The van der Waals surface area contributed by atoms with Crippen LogP contribution in [0.3, 0.4) is 0 Å². The highest BCUT2D eigenvalue weighted by atomic mass is 35.5. The predicted molar refractivity (Wildman–Crippen MR) is 81.7 cm³/mol. The Kier molecular flexibility index (Phi) is 4.83. The molecule has 2 rings (SSSR count). The molecule has 0 fully saturated rings. The zero-order valence-corrected chi connectivity index (χ0v) is 12.3. The predicted octanol–water partition coefficient (Wildman–Crippen LogP) is 5.08. The second-order valence-corrected chi connectivity index (χ2v) is 5.07. The van der Waals surface area contributed by atoms with E-state index in [0.717, 1.165) is 5.56 Å². The topological polar surface area (TPSA) is 26.3 Å². The molecule has 0 spiro atoms. The maximum absolute atomic E-state index is 11.9. The first-order valence-electron chi connectivity index (χ1n) is 5.95. The Hall–Kier alpha value is -1.77. The molecule has 0 heterocycles. The lowest BCUT2D eigenvalue weighted by molar-refractivity contribution is 0.104. The Morgan fingerprint density at radius 3 is 2.45 bits per heavy atom. The number of halogens is 2. The number of carbonyl (C=O) groups excluding carboxylic acids is 1. The molecule has 0 saturated heterocycles. The van der Waals surface area contributed by atoms with Crippen molar-refractivity contribution in [3.63, 3.8) is 0 Å². The smallest absolute Gasteiger partial charge is 0.188 e. The van der Waals surface area contributed by atoms with Gasteiger partial charge in [-0.25, -0.2) is 0 Å². The van der Waals surface area contributed by atoms with Crippen molar-refractivity contribution in [1.29, 1.82) is 0 Å². The van der Waals surface area contributed by atoms with Crippen molar-refractivity contribution in [2.24, 2.45) is 0 Å². The average molecular weight is 307 g/mol. The van der Waals surface area contributed by atoms with E-state index < -0.39 is 0 Å². The van der Waals surface area contributed by atoms with Crippen molar-refractivity contribution in [3.05, 3.63) is 76.0 Å². The molecule has 102 valence electrons. The minimum atomic E-state index is -0.130. The number of allylic oxidation sites excluding steroid dienone is 1. The van der Waals surface area contributed by atoms with Crippen LogP contribution >= 0.6 is 23.2 Å². The van der Waals surface area contributed by atoms with Crippen LogP contribution in [-0.2, 0) is 0 Å². The number of benzene rings is 2. The van der Waals surface area contributed by atoms with Crippen molar-refractivity contribution in [2.75, 3.05) is 0 Å². The molecule has 4 heteroatoms. The van der Waals surface area contributed by atoms with Gasteiger partial charge in [0.1, 0.15) is 5.75 Å². The first-order chi connectivity index (χ1) is 9.56. The lowest BCUT2D eigenvalue weighted by Gasteiger charge is -2.03. The Morgan fingerprint density at radius 2 is 1.80 bits per heavy atom. The van der Waals surface area contributed by atoms with Gasteiger partial charge in [0.2, 0.25) is 0 Å². The van der Waals surface area contributed by atoms with Gasteiger partial charge < -0.3 is 4.74 Å². The summed E-state index contributed by atoms with van der Waals surface area (Å²) in [5.74, 6) is 0.319. The van der Waals surface area contributed by atoms with Crippen LogP contribution in [0.2, 0.25) is 10.0 Å². The van der Waals surface area contributed by atoms with Gasteiger partial charge in [-0.2, -0.15) is 0 Å². The van der Waals surface area contributed by atoms with E-state index in [1.165, 1.54) is 12.3 Å². The molecule has 20 heavy (non-hydrogen) atoms. The van der Waals surface area contributed by atoms with E-state index in [9.17, 15) is 4.79 Å². The fourth-order valence-electron chi connectivity index (χ4n) is 1.55. The molecule has 0 radical (unpaired) electrons. The highest BCUT2D eigenvalue weighted by Gasteiger charge is 2.03. The molecule has 2 nitrogen and oxygen atoms in total. The number of hydrogen-bond acceptors (Lipinski definition) is 2. The highest BCUT2D eigenvalue weighted by Crippen LogP contribution is 2.27. The Morgan fingerprint density at radius 1 is 1.10 bits per heavy atom. The Balaban J connectivity index is 2.02. The lowest BCUT2D eigenvalue weighted by atomic mass is 10.1. The van der Waals surface area contributed by atoms with Gasteiger partial charge in [0.15, 0.2) is 5.78 Å². The van der Waals surface area contributed by atoms with Gasteiger partial charge in [-0.1, -0.05) is 53.0 Å². The van der Waals surface area contributed by atoms with Crippen LogP contribution in [-0.4, -0.2) is 5.78 Å². The normalized spacial score (nSPS) is 10.8. The molecule has 0 aliphatic heterocycles. The van der Waals surface area contributed by atoms with Gasteiger partial charge in [0, 0.05) is 16.7 Å². The van der Waals surface area contributed by atoms with Crippen molar-refractivity contribution in [3.8, 4) is 5.75 Å². The van der Waals surface area contributed by atoms with Crippen molar-refractivity contribution >= 4 is 29.0 Å². The number of rotatable bonds is 4. The van der Waals surface area contributed by atoms with Gasteiger partial charge in [0.05, 0.1) is 11.3 Å². The maximum atomic E-state index is 11.9. The highest BCUT2D eigenvalue weighted by molar-refractivity contribution is 6.35. The third kappa shape index (κ3) is 3.86. The fraction of sp³-hybridized carbons (Fsp3) is 0.0625. The molecule has 0 aromatic heterocycles. The van der Waals surface area contributed by atoms with E-state index in [0.29, 0.717) is 21.4 Å². The second-order valence-electron chi connectivity index (χ2n) is 4.23. The zero-order valence-electron chi connectivity index (χ0n) is 10.8. The van der Waals surface area contributed by atoms with Crippen LogP contribution in [0.15, 0.2) is 54.8 Å². The van der Waals surface area contributed by atoms with Crippen LogP contribution in [0.1, 0.15) is 15.9 Å². The summed E-state index contributed by atoms with van der Waals surface area (Å²) < 4.78 is 5.32. The largest absolute Gasteiger partial charge is 0.463 e. The summed E-state index contributed by atoms with van der Waals surface area (Å²) in [5, 5.41) is 0.923. The molecule has 0 aliphatic carbocycles. The van der Waals surface area contributed by atoms with Crippen LogP contribution in [0.5, 0.6) is 5.75 Å². The Bertz CT molecular complexity index is 646. The van der Waals surface area contributed by atoms with Gasteiger partial charge >= 0.3 is 0 Å².